The van der Waals surface area contributed by atoms with Gasteiger partial charge >= 0.3 is 0 Å². The fourth-order valence-corrected chi connectivity index (χ4v) is 11.7. The molecule has 0 spiro atoms. The van der Waals surface area contributed by atoms with Gasteiger partial charge in [-0.25, -0.2) is 15.0 Å². The highest BCUT2D eigenvalue weighted by Crippen LogP contribution is 2.51. The summed E-state index contributed by atoms with van der Waals surface area (Å²) in [6.07, 6.45) is 6.92. The van der Waals surface area contributed by atoms with Crippen molar-refractivity contribution in [2.45, 2.75) is 12.8 Å². The van der Waals surface area contributed by atoms with E-state index in [1.165, 1.54) is 86.2 Å². The highest BCUT2D eigenvalue weighted by atomic mass is 32.1. The molecule has 3 heterocycles. The summed E-state index contributed by atoms with van der Waals surface area (Å²) in [5.41, 5.74) is 16.8. The van der Waals surface area contributed by atoms with Crippen LogP contribution in [0.1, 0.15) is 24.0 Å². The van der Waals surface area contributed by atoms with Gasteiger partial charge < -0.3 is 4.57 Å². The molecule has 2 aliphatic rings. The van der Waals surface area contributed by atoms with E-state index >= 15 is 0 Å². The molecule has 308 valence electrons. The van der Waals surface area contributed by atoms with E-state index in [0.717, 1.165) is 46.3 Å². The van der Waals surface area contributed by atoms with Gasteiger partial charge in [0.25, 0.3) is 0 Å². The molecule has 0 radical (unpaired) electrons. The van der Waals surface area contributed by atoms with E-state index in [1.807, 2.05) is 72.0 Å². The highest BCUT2D eigenvalue weighted by molar-refractivity contribution is 7.26. The maximum Gasteiger partial charge on any atom is 0.164 e. The largest absolute Gasteiger partial charge is 0.309 e. The monoisotopic (exact) mass is 858 g/mol. The van der Waals surface area contributed by atoms with E-state index in [9.17, 15) is 0 Å². The molecule has 9 aromatic carbocycles. The minimum Gasteiger partial charge on any atom is -0.309 e. The van der Waals surface area contributed by atoms with Crippen LogP contribution in [0.25, 0.3) is 126 Å². The summed E-state index contributed by atoms with van der Waals surface area (Å²) in [4.78, 5) is 14.9. The van der Waals surface area contributed by atoms with Crippen molar-refractivity contribution in [3.63, 3.8) is 0 Å². The third-order valence-electron chi connectivity index (χ3n) is 13.7. The summed E-state index contributed by atoms with van der Waals surface area (Å²) < 4.78 is 5.11. The summed E-state index contributed by atoms with van der Waals surface area (Å²) >= 11 is 1.92. The van der Waals surface area contributed by atoms with Crippen molar-refractivity contribution >= 4 is 75.2 Å². The second-order valence-corrected chi connectivity index (χ2v) is 18.5. The molecule has 0 atom stereocenters. The van der Waals surface area contributed by atoms with E-state index in [4.69, 9.17) is 15.0 Å². The fourth-order valence-electron chi connectivity index (χ4n) is 10.6. The third-order valence-corrected chi connectivity index (χ3v) is 14.8. The lowest BCUT2D eigenvalue weighted by atomic mass is 9.94. The molecular weight excluding hydrogens is 821 g/mol. The van der Waals surface area contributed by atoms with Crippen LogP contribution < -0.4 is 0 Å². The van der Waals surface area contributed by atoms with Crippen molar-refractivity contribution in [2.24, 2.45) is 0 Å². The molecule has 0 unspecified atom stereocenters. The predicted molar refractivity (Wildman–Crippen MR) is 277 cm³/mol. The molecule has 0 amide bonds. The van der Waals surface area contributed by atoms with Gasteiger partial charge in [-0.3, -0.25) is 0 Å². The minimum atomic E-state index is 0.643. The van der Waals surface area contributed by atoms with Crippen molar-refractivity contribution in [3.8, 4) is 62.1 Å². The third kappa shape index (κ3) is 5.80. The van der Waals surface area contributed by atoms with Crippen LogP contribution in [0.3, 0.4) is 0 Å². The summed E-state index contributed by atoms with van der Waals surface area (Å²) in [7, 11) is 0. The lowest BCUT2D eigenvalue weighted by Crippen LogP contribution is -2.00. The Labute approximate surface area is 385 Å². The van der Waals surface area contributed by atoms with Gasteiger partial charge in [0, 0.05) is 53.3 Å². The van der Waals surface area contributed by atoms with Crippen LogP contribution in [0, 0.1) is 0 Å². The number of hydrogen-bond donors (Lipinski definition) is 0. The van der Waals surface area contributed by atoms with Crippen LogP contribution in [0.4, 0.5) is 0 Å². The average Bonchev–Trinajstić information content (AvgIpc) is 4.05. The Morgan fingerprint density at radius 2 is 1.00 bits per heavy atom. The topological polar surface area (TPSA) is 43.6 Å². The first-order chi connectivity index (χ1) is 32.7. The Balaban J connectivity index is 0.829. The van der Waals surface area contributed by atoms with Crippen LogP contribution >= 0.6 is 11.3 Å². The van der Waals surface area contributed by atoms with Crippen LogP contribution in [0.5, 0.6) is 0 Å². The lowest BCUT2D eigenvalue weighted by molar-refractivity contribution is 1.06. The van der Waals surface area contributed by atoms with Crippen molar-refractivity contribution in [1.82, 2.24) is 19.5 Å². The Kier molecular flexibility index (Phi) is 8.24. The van der Waals surface area contributed by atoms with Gasteiger partial charge in [0.1, 0.15) is 0 Å². The molecule has 0 saturated carbocycles. The number of nitrogens with zero attached hydrogens (tertiary/aromatic N) is 4. The molecule has 14 rings (SSSR count). The number of fused-ring (bicyclic) bond motifs is 9. The van der Waals surface area contributed by atoms with Gasteiger partial charge in [-0.15, -0.1) is 11.3 Å². The Morgan fingerprint density at radius 3 is 1.79 bits per heavy atom. The van der Waals surface area contributed by atoms with E-state index in [2.05, 4.69) is 150 Å². The molecule has 3 aromatic heterocycles. The standard InChI is InChI=1S/C61H38N4S/c1-3-13-38(14-4-1)59-62-60(39-15-5-2-6-16-39)64-61(63-59)43-18-11-17-40(33-43)37-25-29-44(30-26-37)65-53-24-10-9-21-47(53)50-34-41(27-31-54(50)65)42-28-32-55-52(35-42)58-49-23-12-22-48-45-19-7-8-20-46(45)51(57(48)49)36-56(58)66-55/h1-7,9-19,21-36H,8,20H2. The average molecular weight is 859 g/mol. The maximum atomic E-state index is 4.99. The molecule has 5 heteroatoms. The van der Waals surface area contributed by atoms with Gasteiger partial charge in [0.15, 0.2) is 17.5 Å². The zero-order valence-electron chi connectivity index (χ0n) is 35.7. The summed E-state index contributed by atoms with van der Waals surface area (Å²) in [6.45, 7) is 0. The number of hydrogen-bond acceptors (Lipinski definition) is 4. The zero-order valence-corrected chi connectivity index (χ0v) is 36.6. The van der Waals surface area contributed by atoms with Gasteiger partial charge in [-0.1, -0.05) is 152 Å². The normalized spacial score (nSPS) is 13.2. The Morgan fingerprint density at radius 1 is 0.394 bits per heavy atom. The second-order valence-electron chi connectivity index (χ2n) is 17.4. The first-order valence-corrected chi connectivity index (χ1v) is 23.5. The molecule has 2 aliphatic carbocycles. The van der Waals surface area contributed by atoms with Gasteiger partial charge in [0.2, 0.25) is 0 Å². The number of allylic oxidation sites excluding steroid dienone is 4. The van der Waals surface area contributed by atoms with E-state index in [1.54, 1.807) is 0 Å². The molecule has 66 heavy (non-hydrogen) atoms. The van der Waals surface area contributed by atoms with Crippen molar-refractivity contribution < 1.29 is 0 Å². The molecular formula is C61H38N4S. The molecule has 0 aliphatic heterocycles. The van der Waals surface area contributed by atoms with Crippen molar-refractivity contribution in [2.75, 3.05) is 0 Å². The Hall–Kier alpha value is -8.25. The van der Waals surface area contributed by atoms with Crippen LogP contribution in [-0.4, -0.2) is 19.5 Å². The van der Waals surface area contributed by atoms with Crippen molar-refractivity contribution in [3.05, 3.63) is 217 Å². The first kappa shape index (κ1) is 37.2. The van der Waals surface area contributed by atoms with E-state index < -0.39 is 0 Å². The number of aromatic nitrogens is 4. The lowest BCUT2D eigenvalue weighted by Gasteiger charge is -2.11. The number of thiophene rings is 1. The quantitative estimate of drug-likeness (QED) is 0.167. The van der Waals surface area contributed by atoms with Crippen LogP contribution in [-0.2, 0) is 0 Å². The van der Waals surface area contributed by atoms with Gasteiger partial charge in [-0.05, 0) is 123 Å². The summed E-state index contributed by atoms with van der Waals surface area (Å²) in [6, 6.07) is 69.9. The second kappa shape index (κ2) is 14.6. The summed E-state index contributed by atoms with van der Waals surface area (Å²) in [5.74, 6) is 1.95. The van der Waals surface area contributed by atoms with E-state index in [0.29, 0.717) is 17.5 Å². The molecule has 0 saturated heterocycles. The maximum absolute atomic E-state index is 4.99. The number of benzene rings is 9. The SMILES string of the molecule is C1=CC2=C(CC1)c1cc3sc4ccc(-c5ccc6c(c5)c5ccccc5n6-c5ccc(-c6cccc(-c7nc(-c8ccccc8)nc(-c8ccccc8)n7)c6)cc5)cc4c3c3cccc2c13. The predicted octanol–water partition coefficient (Wildman–Crippen LogP) is 16.4. The number of para-hydroxylation sites is 1. The van der Waals surface area contributed by atoms with E-state index in [-0.39, 0.29) is 0 Å². The fraction of sp³-hybridized carbons (Fsp3) is 0.0328. The molecule has 0 fully saturated rings. The Bertz CT molecular complexity index is 3970. The highest BCUT2D eigenvalue weighted by Gasteiger charge is 2.26. The molecule has 4 nitrogen and oxygen atoms in total. The van der Waals surface area contributed by atoms with Gasteiger partial charge in [0.05, 0.1) is 11.0 Å². The zero-order chi connectivity index (χ0) is 43.3. The summed E-state index contributed by atoms with van der Waals surface area (Å²) in [5, 5.41) is 8.01. The van der Waals surface area contributed by atoms with Gasteiger partial charge in [-0.2, -0.15) is 0 Å². The van der Waals surface area contributed by atoms with Crippen LogP contribution in [0.2, 0.25) is 0 Å². The van der Waals surface area contributed by atoms with Crippen molar-refractivity contribution in [1.29, 1.82) is 0 Å². The molecule has 12 aromatic rings. The molecule has 0 bridgehead atoms. The smallest absolute Gasteiger partial charge is 0.164 e. The first-order valence-electron chi connectivity index (χ1n) is 22.6. The van der Waals surface area contributed by atoms with Crippen LogP contribution in [0.15, 0.2) is 206 Å². The minimum absolute atomic E-state index is 0.643. The number of rotatable bonds is 6. The molecule has 0 N–H and O–H groups in total.